The Bertz CT molecular complexity index is 659. The Labute approximate surface area is 138 Å². The molecule has 0 amide bonds. The zero-order valence-electron chi connectivity index (χ0n) is 13.9. The quantitative estimate of drug-likeness (QED) is 0.909. The zero-order valence-corrected chi connectivity index (χ0v) is 14.7. The Balaban J connectivity index is 1.74. The number of pyridine rings is 1. The molecule has 2 heterocycles. The van der Waals surface area contributed by atoms with Crippen LogP contribution < -0.4 is 4.90 Å². The maximum atomic E-state index is 11.4. The van der Waals surface area contributed by atoms with E-state index in [0.717, 1.165) is 43.7 Å². The number of hydrogen-bond acceptors (Lipinski definition) is 5. The van der Waals surface area contributed by atoms with E-state index in [1.807, 2.05) is 12.1 Å². The molecule has 5 nitrogen and oxygen atoms in total. The highest BCUT2D eigenvalue weighted by atomic mass is 32.2. The van der Waals surface area contributed by atoms with Gasteiger partial charge in [0.15, 0.2) is 9.84 Å². The van der Waals surface area contributed by atoms with Gasteiger partial charge in [0, 0.05) is 31.5 Å². The molecule has 1 N–H and O–H groups in total. The molecule has 1 saturated carbocycles. The molecule has 1 aromatic rings. The van der Waals surface area contributed by atoms with Crippen LogP contribution in [0, 0.1) is 11.8 Å². The molecule has 0 radical (unpaired) electrons. The molecule has 23 heavy (non-hydrogen) atoms. The maximum absolute atomic E-state index is 11.4. The lowest BCUT2D eigenvalue weighted by molar-refractivity contribution is -0.0597. The van der Waals surface area contributed by atoms with E-state index in [0.29, 0.717) is 11.8 Å². The number of fused-ring (bicyclic) bond motifs is 1. The summed E-state index contributed by atoms with van der Waals surface area (Å²) in [6.45, 7) is 3.85. The van der Waals surface area contributed by atoms with E-state index in [1.54, 1.807) is 6.20 Å². The smallest absolute Gasteiger partial charge is 0.151 e. The number of nitrogens with zero attached hydrogens (tertiary/aromatic N) is 2. The summed E-state index contributed by atoms with van der Waals surface area (Å²) in [5.74, 6) is 1.77. The van der Waals surface area contributed by atoms with Crippen molar-refractivity contribution in [3.05, 3.63) is 23.9 Å². The molecule has 0 unspecified atom stereocenters. The monoisotopic (exact) mass is 338 g/mol. The lowest BCUT2D eigenvalue weighted by atomic mass is 9.69. The molecule has 0 bridgehead atoms. The largest absolute Gasteiger partial charge is 0.390 e. The Hall–Kier alpha value is -1.14. The van der Waals surface area contributed by atoms with Crippen LogP contribution in [-0.2, 0) is 15.6 Å². The molecule has 1 aromatic heterocycles. The molecular weight excluding hydrogens is 312 g/mol. The predicted octanol–water partition coefficient (Wildman–Crippen LogP) is 2.00. The first-order valence-corrected chi connectivity index (χ1v) is 10.5. The van der Waals surface area contributed by atoms with E-state index in [9.17, 15) is 13.5 Å². The molecule has 3 rings (SSSR count). The van der Waals surface area contributed by atoms with E-state index < -0.39 is 15.4 Å². The summed E-state index contributed by atoms with van der Waals surface area (Å²) in [6, 6.07) is 3.75. The maximum Gasteiger partial charge on any atom is 0.151 e. The fraction of sp³-hybridized carbons (Fsp3) is 0.706. The second kappa shape index (κ2) is 6.06. The van der Waals surface area contributed by atoms with Crippen molar-refractivity contribution in [2.45, 2.75) is 44.0 Å². The van der Waals surface area contributed by atoms with Gasteiger partial charge in [-0.05, 0) is 36.8 Å². The molecule has 128 valence electrons. The normalized spacial score (nSPS) is 31.2. The highest BCUT2D eigenvalue weighted by molar-refractivity contribution is 7.89. The molecule has 6 heteroatoms. The van der Waals surface area contributed by atoms with Gasteiger partial charge in [-0.3, -0.25) is 0 Å². The summed E-state index contributed by atoms with van der Waals surface area (Å²) in [6.07, 6.45) is 6.87. The third-order valence-electron chi connectivity index (χ3n) is 5.49. The average molecular weight is 338 g/mol. The summed E-state index contributed by atoms with van der Waals surface area (Å²) in [4.78, 5) is 6.70. The van der Waals surface area contributed by atoms with Crippen LogP contribution in [0.15, 0.2) is 18.3 Å². The molecule has 0 aromatic carbocycles. The van der Waals surface area contributed by atoms with Crippen molar-refractivity contribution in [1.82, 2.24) is 4.98 Å². The van der Waals surface area contributed by atoms with Gasteiger partial charge in [0.25, 0.3) is 0 Å². The van der Waals surface area contributed by atoms with Crippen molar-refractivity contribution in [1.29, 1.82) is 0 Å². The van der Waals surface area contributed by atoms with Gasteiger partial charge in [0.1, 0.15) is 5.82 Å². The van der Waals surface area contributed by atoms with Gasteiger partial charge < -0.3 is 10.0 Å². The van der Waals surface area contributed by atoms with Gasteiger partial charge in [-0.1, -0.05) is 19.4 Å². The average Bonchev–Trinajstić information content (AvgIpc) is 2.92. The van der Waals surface area contributed by atoms with Gasteiger partial charge in [0.2, 0.25) is 0 Å². The molecule has 1 saturated heterocycles. The minimum absolute atomic E-state index is 0.0289. The SMILES string of the molecule is CC[C@]1(O)CCC[C@H]2CN(c3ccc(CS(C)(=O)=O)cn3)C[C@H]21. The van der Waals surface area contributed by atoms with Gasteiger partial charge in [-0.15, -0.1) is 0 Å². The summed E-state index contributed by atoms with van der Waals surface area (Å²) < 4.78 is 22.7. The lowest BCUT2D eigenvalue weighted by Gasteiger charge is -2.40. The third-order valence-corrected chi connectivity index (χ3v) is 6.35. The predicted molar refractivity (Wildman–Crippen MR) is 91.1 cm³/mol. The van der Waals surface area contributed by atoms with Crippen LogP contribution in [0.2, 0.25) is 0 Å². The van der Waals surface area contributed by atoms with Crippen LogP contribution in [0.3, 0.4) is 0 Å². The number of rotatable bonds is 4. The van der Waals surface area contributed by atoms with Crippen molar-refractivity contribution in [3.8, 4) is 0 Å². The van der Waals surface area contributed by atoms with Crippen LogP contribution in [-0.4, -0.2) is 43.5 Å². The van der Waals surface area contributed by atoms with Crippen LogP contribution in [0.25, 0.3) is 0 Å². The van der Waals surface area contributed by atoms with E-state index in [-0.39, 0.29) is 5.75 Å². The third kappa shape index (κ3) is 3.53. The van der Waals surface area contributed by atoms with E-state index >= 15 is 0 Å². The first-order chi connectivity index (χ1) is 10.8. The highest BCUT2D eigenvalue weighted by Crippen LogP contribution is 2.45. The molecule has 3 atom stereocenters. The van der Waals surface area contributed by atoms with Gasteiger partial charge >= 0.3 is 0 Å². The number of anilines is 1. The van der Waals surface area contributed by atoms with Crippen LogP contribution in [0.4, 0.5) is 5.82 Å². The standard InChI is InChI=1S/C17H26N2O3S/c1-3-17(20)8-4-5-14-10-19(11-15(14)17)16-7-6-13(9-18-16)12-23(2,21)22/h6-7,9,14-15,20H,3-5,8,10-12H2,1-2H3/t14-,15+,17-/m0/s1. The molecule has 1 aliphatic carbocycles. The van der Waals surface area contributed by atoms with Crippen molar-refractivity contribution in [3.63, 3.8) is 0 Å². The van der Waals surface area contributed by atoms with Crippen LogP contribution in [0.1, 0.15) is 38.2 Å². The first kappa shape index (κ1) is 16.7. The minimum atomic E-state index is -3.03. The zero-order chi connectivity index (χ0) is 16.7. The second-order valence-corrected chi connectivity index (χ2v) is 9.36. The van der Waals surface area contributed by atoms with Crippen LogP contribution >= 0.6 is 0 Å². The molecule has 2 aliphatic rings. The first-order valence-electron chi connectivity index (χ1n) is 8.41. The molecule has 1 aliphatic heterocycles. The summed E-state index contributed by atoms with van der Waals surface area (Å²) >= 11 is 0. The van der Waals surface area contributed by atoms with Crippen molar-refractivity contribution in [2.24, 2.45) is 11.8 Å². The lowest BCUT2D eigenvalue weighted by Crippen LogP contribution is -2.44. The van der Waals surface area contributed by atoms with E-state index in [4.69, 9.17) is 0 Å². The van der Waals surface area contributed by atoms with Gasteiger partial charge in [-0.25, -0.2) is 13.4 Å². The van der Waals surface area contributed by atoms with Crippen molar-refractivity contribution in [2.75, 3.05) is 24.2 Å². The Morgan fingerprint density at radius 1 is 1.39 bits per heavy atom. The number of aliphatic hydroxyl groups is 1. The van der Waals surface area contributed by atoms with Gasteiger partial charge in [0.05, 0.1) is 11.4 Å². The van der Waals surface area contributed by atoms with Crippen molar-refractivity contribution < 1.29 is 13.5 Å². The highest BCUT2D eigenvalue weighted by Gasteiger charge is 2.47. The molecule has 0 spiro atoms. The fourth-order valence-electron chi connectivity index (χ4n) is 4.25. The van der Waals surface area contributed by atoms with E-state index in [2.05, 4.69) is 16.8 Å². The molecule has 2 fully saturated rings. The topological polar surface area (TPSA) is 70.5 Å². The Morgan fingerprint density at radius 2 is 2.17 bits per heavy atom. The second-order valence-electron chi connectivity index (χ2n) is 7.22. The minimum Gasteiger partial charge on any atom is -0.390 e. The summed E-state index contributed by atoms with van der Waals surface area (Å²) in [7, 11) is -3.03. The number of sulfone groups is 1. The number of hydrogen-bond donors (Lipinski definition) is 1. The Kier molecular flexibility index (Phi) is 4.40. The summed E-state index contributed by atoms with van der Waals surface area (Å²) in [5.41, 5.74) is 0.186. The number of aromatic nitrogens is 1. The van der Waals surface area contributed by atoms with Crippen LogP contribution in [0.5, 0.6) is 0 Å². The summed E-state index contributed by atoms with van der Waals surface area (Å²) in [5, 5.41) is 10.9. The fourth-order valence-corrected chi connectivity index (χ4v) is 5.02. The van der Waals surface area contributed by atoms with Gasteiger partial charge in [-0.2, -0.15) is 0 Å². The van der Waals surface area contributed by atoms with Crippen molar-refractivity contribution >= 4 is 15.7 Å². The van der Waals surface area contributed by atoms with E-state index in [1.165, 1.54) is 12.7 Å². The Morgan fingerprint density at radius 3 is 2.78 bits per heavy atom. The molecular formula is C17H26N2O3S.